The Morgan fingerprint density at radius 2 is 1.59 bits per heavy atom. The zero-order valence-electron chi connectivity index (χ0n) is 20.5. The van der Waals surface area contributed by atoms with Gasteiger partial charge in [0.25, 0.3) is 16.2 Å². The first-order valence-corrected chi connectivity index (χ1v) is 13.3. The Balaban J connectivity index is 1.64. The van der Waals surface area contributed by atoms with Crippen LogP contribution in [-0.2, 0) is 16.0 Å². The molecule has 2 N–H and O–H groups in total. The molecule has 1 fully saturated rings. The number of nitro groups is 1. The molecule has 0 aliphatic carbocycles. The number of amides is 3. The fourth-order valence-electron chi connectivity index (χ4n) is 3.82. The normalized spacial score (nSPS) is 15.0. The molecular formula is C27H22N4O6S2. The third-order valence-corrected chi connectivity index (χ3v) is 7.51. The molecule has 1 aliphatic heterocycles. The number of non-ortho nitro benzene ring substituents is 1. The molecule has 1 heterocycles. The van der Waals surface area contributed by atoms with Crippen LogP contribution in [0.1, 0.15) is 11.1 Å². The lowest BCUT2D eigenvalue weighted by Crippen LogP contribution is -2.25. The molecule has 0 aromatic heterocycles. The summed E-state index contributed by atoms with van der Waals surface area (Å²) in [6, 6.07) is 20.9. The van der Waals surface area contributed by atoms with Crippen LogP contribution in [0.15, 0.2) is 77.7 Å². The predicted molar refractivity (Wildman–Crippen MR) is 152 cm³/mol. The minimum absolute atomic E-state index is 0.0357. The largest absolute Gasteiger partial charge is 0.350 e. The van der Waals surface area contributed by atoms with Gasteiger partial charge in [0.1, 0.15) is 0 Å². The summed E-state index contributed by atoms with van der Waals surface area (Å²) in [6.45, 7) is 0. The lowest BCUT2D eigenvalue weighted by Gasteiger charge is -2.25. The second-order valence-corrected chi connectivity index (χ2v) is 10.5. The van der Waals surface area contributed by atoms with Crippen molar-refractivity contribution in [3.63, 3.8) is 0 Å². The van der Waals surface area contributed by atoms with Gasteiger partial charge >= 0.3 is 0 Å². The number of nitrogens with zero attached hydrogens (tertiary/aromatic N) is 2. The molecule has 10 nitrogen and oxygen atoms in total. The number of benzene rings is 3. The first-order valence-electron chi connectivity index (χ1n) is 11.6. The summed E-state index contributed by atoms with van der Waals surface area (Å²) in [7, 11) is 1.48. The molecule has 1 unspecified atom stereocenters. The van der Waals surface area contributed by atoms with Gasteiger partial charge < -0.3 is 10.2 Å². The van der Waals surface area contributed by atoms with E-state index in [1.807, 2.05) is 41.3 Å². The van der Waals surface area contributed by atoms with Gasteiger partial charge in [-0.15, -0.1) is 0 Å². The van der Waals surface area contributed by atoms with E-state index in [4.69, 9.17) is 0 Å². The molecule has 1 saturated heterocycles. The van der Waals surface area contributed by atoms with Gasteiger partial charge in [0.15, 0.2) is 6.29 Å². The maximum Gasteiger partial charge on any atom is 0.286 e. The standard InChI is InChI=1S/C27H22N4O6S2/c1-28-26(34)38-23(16-32)14-17-2-6-19(7-3-17)30(21-10-12-22(13-11-21)31(36)37)20-8-4-18(5-9-20)15-24-25(33)29-27(35)39-24/h2-14,16,24H,15H2,1H3,(H,28,34)(H,29,33,35)/b23-14-. The van der Waals surface area contributed by atoms with Crippen molar-refractivity contribution in [3.05, 3.63) is 98.9 Å². The number of carbonyl (C=O) groups excluding carboxylic acids is 4. The number of aldehydes is 1. The van der Waals surface area contributed by atoms with Gasteiger partial charge in [0.05, 0.1) is 15.1 Å². The first kappa shape index (κ1) is 27.6. The Kier molecular flexibility index (Phi) is 8.79. The molecule has 0 radical (unpaired) electrons. The Morgan fingerprint density at radius 1 is 1.03 bits per heavy atom. The number of thioether (sulfide) groups is 2. The first-order chi connectivity index (χ1) is 18.8. The molecule has 4 rings (SSSR count). The third-order valence-electron chi connectivity index (χ3n) is 5.69. The van der Waals surface area contributed by atoms with Crippen molar-refractivity contribution in [1.29, 1.82) is 0 Å². The lowest BCUT2D eigenvalue weighted by molar-refractivity contribution is -0.384. The summed E-state index contributed by atoms with van der Waals surface area (Å²) in [4.78, 5) is 59.3. The van der Waals surface area contributed by atoms with E-state index in [9.17, 15) is 29.3 Å². The van der Waals surface area contributed by atoms with E-state index in [0.717, 1.165) is 40.5 Å². The van der Waals surface area contributed by atoms with Gasteiger partial charge in [-0.2, -0.15) is 0 Å². The van der Waals surface area contributed by atoms with Crippen LogP contribution in [0.4, 0.5) is 32.3 Å². The van der Waals surface area contributed by atoms with Crippen molar-refractivity contribution >= 4 is 75.0 Å². The lowest BCUT2D eigenvalue weighted by atomic mass is 10.1. The van der Waals surface area contributed by atoms with Gasteiger partial charge in [0, 0.05) is 36.2 Å². The molecule has 3 amide bonds. The highest BCUT2D eigenvalue weighted by molar-refractivity contribution is 8.17. The summed E-state index contributed by atoms with van der Waals surface area (Å²) >= 11 is 1.77. The summed E-state index contributed by atoms with van der Waals surface area (Å²) in [5.41, 5.74) is 3.73. The van der Waals surface area contributed by atoms with Gasteiger partial charge in [-0.3, -0.25) is 34.6 Å². The molecule has 0 spiro atoms. The molecule has 3 aromatic rings. The summed E-state index contributed by atoms with van der Waals surface area (Å²) in [5, 5.41) is 14.7. The highest BCUT2D eigenvalue weighted by atomic mass is 32.2. The van der Waals surface area contributed by atoms with Crippen molar-refractivity contribution in [3.8, 4) is 0 Å². The smallest absolute Gasteiger partial charge is 0.286 e. The van der Waals surface area contributed by atoms with Gasteiger partial charge in [-0.1, -0.05) is 36.0 Å². The second kappa shape index (κ2) is 12.4. The quantitative estimate of drug-likeness (QED) is 0.148. The van der Waals surface area contributed by atoms with Crippen molar-refractivity contribution in [2.75, 3.05) is 11.9 Å². The van der Waals surface area contributed by atoms with E-state index in [-0.39, 0.29) is 27.0 Å². The number of hydrogen-bond donors (Lipinski definition) is 2. The summed E-state index contributed by atoms with van der Waals surface area (Å²) < 4.78 is 0. The molecule has 0 bridgehead atoms. The van der Waals surface area contributed by atoms with Crippen molar-refractivity contribution in [2.24, 2.45) is 0 Å². The van der Waals surface area contributed by atoms with E-state index in [1.54, 1.807) is 30.3 Å². The zero-order valence-corrected chi connectivity index (χ0v) is 22.2. The van der Waals surface area contributed by atoms with Crippen LogP contribution in [0.2, 0.25) is 0 Å². The zero-order chi connectivity index (χ0) is 27.9. The fraction of sp³-hybridized carbons (Fsp3) is 0.111. The Bertz CT molecular complexity index is 1440. The third kappa shape index (κ3) is 6.92. The Labute approximate surface area is 232 Å². The SMILES string of the molecule is CNC(=O)S/C(C=O)=C\c1ccc(N(c2ccc(CC3SC(=O)NC3=O)cc2)c2ccc([N+](=O)[O-])cc2)cc1. The van der Waals surface area contributed by atoms with Crippen LogP contribution < -0.4 is 15.5 Å². The number of allylic oxidation sites excluding steroid dienone is 1. The highest BCUT2D eigenvalue weighted by Gasteiger charge is 2.31. The minimum atomic E-state index is -0.479. The molecule has 12 heteroatoms. The highest BCUT2D eigenvalue weighted by Crippen LogP contribution is 2.36. The summed E-state index contributed by atoms with van der Waals surface area (Å²) in [5.74, 6) is -0.304. The number of rotatable bonds is 9. The Hall–Kier alpha value is -4.42. The minimum Gasteiger partial charge on any atom is -0.350 e. The van der Waals surface area contributed by atoms with E-state index < -0.39 is 10.2 Å². The number of nitro benzene ring substituents is 1. The van der Waals surface area contributed by atoms with Crippen LogP contribution in [0.25, 0.3) is 6.08 Å². The molecule has 198 valence electrons. The molecule has 39 heavy (non-hydrogen) atoms. The van der Waals surface area contributed by atoms with E-state index >= 15 is 0 Å². The molecule has 1 aliphatic rings. The van der Waals surface area contributed by atoms with Crippen LogP contribution in [0.3, 0.4) is 0 Å². The molecule has 3 aromatic carbocycles. The van der Waals surface area contributed by atoms with Crippen LogP contribution in [0, 0.1) is 10.1 Å². The van der Waals surface area contributed by atoms with Crippen LogP contribution in [0.5, 0.6) is 0 Å². The predicted octanol–water partition coefficient (Wildman–Crippen LogP) is 5.57. The monoisotopic (exact) mass is 562 g/mol. The average Bonchev–Trinajstić information content (AvgIpc) is 3.26. The van der Waals surface area contributed by atoms with Gasteiger partial charge in [-0.25, -0.2) is 0 Å². The summed E-state index contributed by atoms with van der Waals surface area (Å²) in [6.07, 6.45) is 2.61. The number of imide groups is 1. The average molecular weight is 563 g/mol. The topological polar surface area (TPSA) is 139 Å². The number of carbonyl (C=O) groups is 4. The number of nitrogens with one attached hydrogen (secondary N) is 2. The van der Waals surface area contributed by atoms with E-state index in [0.29, 0.717) is 24.0 Å². The van der Waals surface area contributed by atoms with Gasteiger partial charge in [-0.05, 0) is 71.8 Å². The Morgan fingerprint density at radius 3 is 2.08 bits per heavy atom. The maximum atomic E-state index is 11.9. The van der Waals surface area contributed by atoms with E-state index in [2.05, 4.69) is 10.6 Å². The van der Waals surface area contributed by atoms with Crippen LogP contribution >= 0.6 is 23.5 Å². The molecule has 1 atom stereocenters. The fourth-order valence-corrected chi connectivity index (χ4v) is 5.24. The number of hydrogen-bond acceptors (Lipinski definition) is 9. The molecule has 0 saturated carbocycles. The van der Waals surface area contributed by atoms with Crippen molar-refractivity contribution in [1.82, 2.24) is 10.6 Å². The van der Waals surface area contributed by atoms with Crippen LogP contribution in [-0.4, -0.2) is 39.9 Å². The second-order valence-electron chi connectivity index (χ2n) is 8.26. The van der Waals surface area contributed by atoms with E-state index in [1.165, 1.54) is 19.2 Å². The number of anilines is 3. The maximum absolute atomic E-state index is 11.9. The van der Waals surface area contributed by atoms with Crippen molar-refractivity contribution in [2.45, 2.75) is 11.7 Å². The molecular weight excluding hydrogens is 540 g/mol. The van der Waals surface area contributed by atoms with Gasteiger partial charge in [0.2, 0.25) is 5.91 Å². The van der Waals surface area contributed by atoms with Crippen molar-refractivity contribution < 1.29 is 24.1 Å².